The molecule has 2 aromatic rings. The molecule has 0 radical (unpaired) electrons. The third-order valence-corrected chi connectivity index (χ3v) is 3.47. The van der Waals surface area contributed by atoms with E-state index in [1.54, 1.807) is 18.4 Å². The second kappa shape index (κ2) is 6.09. The van der Waals surface area contributed by atoms with Gasteiger partial charge < -0.3 is 13.7 Å². The van der Waals surface area contributed by atoms with Crippen LogP contribution in [-0.2, 0) is 16.1 Å². The number of aromatic nitrogens is 2. The van der Waals surface area contributed by atoms with Crippen molar-refractivity contribution >= 4 is 5.97 Å². The van der Waals surface area contributed by atoms with Gasteiger partial charge in [-0.2, -0.15) is 4.98 Å². The first kappa shape index (κ1) is 13.8. The molecule has 0 spiro atoms. The lowest BCUT2D eigenvalue weighted by Gasteiger charge is -2.20. The smallest absolute Gasteiger partial charge is 0.323 e. The Bertz CT molecular complexity index is 593. The number of hydrogen-bond donors (Lipinski definition) is 0. The van der Waals surface area contributed by atoms with E-state index in [0.29, 0.717) is 30.6 Å². The maximum Gasteiger partial charge on any atom is 0.323 e. The van der Waals surface area contributed by atoms with Crippen LogP contribution in [0.15, 0.2) is 27.3 Å². The van der Waals surface area contributed by atoms with Gasteiger partial charge >= 0.3 is 5.97 Å². The van der Waals surface area contributed by atoms with Gasteiger partial charge in [-0.3, -0.25) is 9.69 Å². The van der Waals surface area contributed by atoms with E-state index in [1.165, 1.54) is 0 Å². The van der Waals surface area contributed by atoms with Crippen LogP contribution in [0.5, 0.6) is 0 Å². The molecule has 1 fully saturated rings. The van der Waals surface area contributed by atoms with Crippen LogP contribution in [0.3, 0.4) is 0 Å². The number of furan rings is 1. The van der Waals surface area contributed by atoms with Gasteiger partial charge in [0.25, 0.3) is 5.89 Å². The van der Waals surface area contributed by atoms with Gasteiger partial charge in [-0.1, -0.05) is 5.16 Å². The van der Waals surface area contributed by atoms with Crippen LogP contribution in [-0.4, -0.2) is 40.2 Å². The molecule has 3 heterocycles. The van der Waals surface area contributed by atoms with E-state index in [-0.39, 0.29) is 12.0 Å². The Labute approximate surface area is 121 Å². The number of ether oxygens (including phenoxy) is 1. The second-order valence-electron chi connectivity index (χ2n) is 4.87. The lowest BCUT2D eigenvalue weighted by atomic mass is 10.2. The Hall–Kier alpha value is -2.15. The molecule has 0 amide bonds. The topological polar surface area (TPSA) is 81.6 Å². The Morgan fingerprint density at radius 3 is 3.24 bits per heavy atom. The van der Waals surface area contributed by atoms with Gasteiger partial charge in [0.15, 0.2) is 11.6 Å². The highest BCUT2D eigenvalue weighted by molar-refractivity contribution is 5.76. The van der Waals surface area contributed by atoms with Crippen molar-refractivity contribution in [3.8, 4) is 11.7 Å². The first-order valence-electron chi connectivity index (χ1n) is 7.05. The summed E-state index contributed by atoms with van der Waals surface area (Å²) in [6.07, 6.45) is 3.32. The molecule has 0 saturated carbocycles. The van der Waals surface area contributed by atoms with E-state index in [0.717, 1.165) is 19.4 Å². The zero-order chi connectivity index (χ0) is 14.7. The number of esters is 1. The van der Waals surface area contributed by atoms with Gasteiger partial charge in [-0.15, -0.1) is 0 Å². The molecule has 3 rings (SSSR count). The Kier molecular flexibility index (Phi) is 4.01. The number of likely N-dealkylation sites (tertiary alicyclic amines) is 1. The molecule has 21 heavy (non-hydrogen) atoms. The average Bonchev–Trinajstić information content (AvgIpc) is 3.20. The summed E-state index contributed by atoms with van der Waals surface area (Å²) in [6, 6.07) is 3.31. The van der Waals surface area contributed by atoms with Crippen molar-refractivity contribution in [2.45, 2.75) is 32.4 Å². The molecule has 112 valence electrons. The van der Waals surface area contributed by atoms with Crippen LogP contribution in [0.25, 0.3) is 11.7 Å². The summed E-state index contributed by atoms with van der Waals surface area (Å²) >= 11 is 0. The number of rotatable bonds is 5. The first-order valence-corrected chi connectivity index (χ1v) is 7.05. The molecule has 1 atom stereocenters. The SMILES string of the molecule is CCOC(=O)C1CCCN1Cc1noc(-c2ccco2)n1. The van der Waals surface area contributed by atoms with E-state index in [1.807, 2.05) is 11.8 Å². The molecule has 1 unspecified atom stereocenters. The molecular weight excluding hydrogens is 274 g/mol. The standard InChI is InChI=1S/C14H17N3O4/c1-2-19-14(18)10-5-3-7-17(10)9-12-15-13(21-16-12)11-6-4-8-20-11/h4,6,8,10H,2-3,5,7,9H2,1H3. The van der Waals surface area contributed by atoms with Crippen LogP contribution >= 0.6 is 0 Å². The minimum Gasteiger partial charge on any atom is -0.465 e. The fourth-order valence-corrected chi connectivity index (χ4v) is 2.52. The zero-order valence-corrected chi connectivity index (χ0v) is 11.8. The number of carbonyl (C=O) groups is 1. The van der Waals surface area contributed by atoms with E-state index >= 15 is 0 Å². The van der Waals surface area contributed by atoms with Crippen LogP contribution in [0, 0.1) is 0 Å². The number of carbonyl (C=O) groups excluding carboxylic acids is 1. The van der Waals surface area contributed by atoms with Gasteiger partial charge in [-0.05, 0) is 38.4 Å². The van der Waals surface area contributed by atoms with Crippen molar-refractivity contribution in [3.63, 3.8) is 0 Å². The van der Waals surface area contributed by atoms with E-state index in [4.69, 9.17) is 13.7 Å². The largest absolute Gasteiger partial charge is 0.465 e. The predicted octanol–water partition coefficient (Wildman–Crippen LogP) is 1.86. The molecule has 1 saturated heterocycles. The van der Waals surface area contributed by atoms with Gasteiger partial charge in [-0.25, -0.2) is 0 Å². The molecule has 0 bridgehead atoms. The minimum atomic E-state index is -0.212. The van der Waals surface area contributed by atoms with Gasteiger partial charge in [0, 0.05) is 0 Å². The fourth-order valence-electron chi connectivity index (χ4n) is 2.52. The third-order valence-electron chi connectivity index (χ3n) is 3.47. The monoisotopic (exact) mass is 291 g/mol. The summed E-state index contributed by atoms with van der Waals surface area (Å²) in [7, 11) is 0. The summed E-state index contributed by atoms with van der Waals surface area (Å²) < 4.78 is 15.5. The highest BCUT2D eigenvalue weighted by atomic mass is 16.5. The van der Waals surface area contributed by atoms with Crippen molar-refractivity contribution in [3.05, 3.63) is 24.2 Å². The maximum absolute atomic E-state index is 11.9. The van der Waals surface area contributed by atoms with Crippen molar-refractivity contribution in [2.75, 3.05) is 13.2 Å². The molecule has 7 nitrogen and oxygen atoms in total. The fraction of sp³-hybridized carbons (Fsp3) is 0.500. The third kappa shape index (κ3) is 2.97. The Balaban J connectivity index is 1.67. The molecule has 0 aliphatic carbocycles. The van der Waals surface area contributed by atoms with Crippen LogP contribution < -0.4 is 0 Å². The van der Waals surface area contributed by atoms with E-state index in [2.05, 4.69) is 10.1 Å². The van der Waals surface area contributed by atoms with Crippen molar-refractivity contribution in [1.29, 1.82) is 0 Å². The summed E-state index contributed by atoms with van der Waals surface area (Å²) in [6.45, 7) is 3.50. The van der Waals surface area contributed by atoms with Gasteiger partial charge in [0.1, 0.15) is 6.04 Å². The number of nitrogens with zero attached hydrogens (tertiary/aromatic N) is 3. The molecule has 0 N–H and O–H groups in total. The lowest BCUT2D eigenvalue weighted by Crippen LogP contribution is -2.37. The van der Waals surface area contributed by atoms with E-state index < -0.39 is 0 Å². The number of hydrogen-bond acceptors (Lipinski definition) is 7. The molecule has 1 aliphatic rings. The van der Waals surface area contributed by atoms with Crippen LogP contribution in [0.2, 0.25) is 0 Å². The predicted molar refractivity (Wildman–Crippen MR) is 72.1 cm³/mol. The molecular formula is C14H17N3O4. The van der Waals surface area contributed by atoms with E-state index in [9.17, 15) is 4.79 Å². The highest BCUT2D eigenvalue weighted by Gasteiger charge is 2.32. The first-order chi connectivity index (χ1) is 10.3. The molecule has 2 aromatic heterocycles. The highest BCUT2D eigenvalue weighted by Crippen LogP contribution is 2.22. The molecule has 7 heteroatoms. The lowest BCUT2D eigenvalue weighted by molar-refractivity contribution is -0.148. The van der Waals surface area contributed by atoms with Crippen molar-refractivity contribution in [2.24, 2.45) is 0 Å². The zero-order valence-electron chi connectivity index (χ0n) is 11.8. The second-order valence-corrected chi connectivity index (χ2v) is 4.87. The van der Waals surface area contributed by atoms with Crippen LogP contribution in [0.4, 0.5) is 0 Å². The van der Waals surface area contributed by atoms with Crippen molar-refractivity contribution in [1.82, 2.24) is 15.0 Å². The van der Waals surface area contributed by atoms with Gasteiger partial charge in [0.2, 0.25) is 0 Å². The Morgan fingerprint density at radius 1 is 1.57 bits per heavy atom. The van der Waals surface area contributed by atoms with Crippen LogP contribution in [0.1, 0.15) is 25.6 Å². The Morgan fingerprint density at radius 2 is 2.48 bits per heavy atom. The summed E-state index contributed by atoms with van der Waals surface area (Å²) in [5.74, 6) is 1.25. The quantitative estimate of drug-likeness (QED) is 0.777. The minimum absolute atomic E-state index is 0.176. The normalized spacial score (nSPS) is 19.0. The molecule has 1 aliphatic heterocycles. The average molecular weight is 291 g/mol. The molecule has 0 aromatic carbocycles. The summed E-state index contributed by atoms with van der Waals surface area (Å²) in [5, 5.41) is 3.94. The van der Waals surface area contributed by atoms with Crippen molar-refractivity contribution < 1.29 is 18.5 Å². The summed E-state index contributed by atoms with van der Waals surface area (Å²) in [4.78, 5) is 18.2. The van der Waals surface area contributed by atoms with Gasteiger partial charge in [0.05, 0.1) is 19.4 Å². The maximum atomic E-state index is 11.9. The summed E-state index contributed by atoms with van der Waals surface area (Å²) in [5.41, 5.74) is 0.